The van der Waals surface area contributed by atoms with Crippen molar-refractivity contribution in [1.29, 1.82) is 0 Å². The first-order valence-electron chi connectivity index (χ1n) is 8.77. The van der Waals surface area contributed by atoms with Crippen molar-refractivity contribution in [1.82, 2.24) is 5.32 Å². The molecule has 0 radical (unpaired) electrons. The van der Waals surface area contributed by atoms with Crippen molar-refractivity contribution in [3.63, 3.8) is 0 Å². The van der Waals surface area contributed by atoms with E-state index in [4.69, 9.17) is 4.74 Å². The minimum absolute atomic E-state index is 0.0323. The maximum Gasteiger partial charge on any atom is 0.243 e. The molecule has 0 saturated carbocycles. The van der Waals surface area contributed by atoms with Crippen molar-refractivity contribution in [2.75, 3.05) is 30.4 Å². The lowest BCUT2D eigenvalue weighted by Gasteiger charge is -2.17. The van der Waals surface area contributed by atoms with Gasteiger partial charge in [-0.3, -0.25) is 14.4 Å². The molecule has 1 aliphatic rings. The maximum atomic E-state index is 12.3. The smallest absolute Gasteiger partial charge is 0.243 e. The van der Waals surface area contributed by atoms with Gasteiger partial charge in [-0.1, -0.05) is 6.07 Å². The van der Waals surface area contributed by atoms with E-state index in [1.54, 1.807) is 48.4 Å². The van der Waals surface area contributed by atoms with Crippen LogP contribution in [0, 0.1) is 5.92 Å². The van der Waals surface area contributed by atoms with Gasteiger partial charge in [-0.15, -0.1) is 0 Å². The number of hydrogen-bond donors (Lipinski definition) is 3. The molecule has 2 aromatic carbocycles. The highest BCUT2D eigenvalue weighted by Crippen LogP contribution is 2.26. The van der Waals surface area contributed by atoms with E-state index in [1.165, 1.54) is 12.1 Å². The first-order valence-corrected chi connectivity index (χ1v) is 8.77. The summed E-state index contributed by atoms with van der Waals surface area (Å²) in [4.78, 5) is 38.1. The molecular formula is C20H21N3O5. The molecule has 0 aliphatic carbocycles. The van der Waals surface area contributed by atoms with Gasteiger partial charge in [-0.05, 0) is 36.4 Å². The minimum atomic E-state index is -0.525. The van der Waals surface area contributed by atoms with Crippen molar-refractivity contribution < 1.29 is 24.2 Å². The summed E-state index contributed by atoms with van der Waals surface area (Å²) in [7, 11) is 1.56. The molecule has 3 amide bonds. The van der Waals surface area contributed by atoms with Gasteiger partial charge in [0, 0.05) is 30.4 Å². The number of nitrogens with one attached hydrogen (secondary N) is 2. The van der Waals surface area contributed by atoms with Crippen LogP contribution >= 0.6 is 0 Å². The molecule has 8 heteroatoms. The first kappa shape index (κ1) is 19.2. The number of phenols is 1. The van der Waals surface area contributed by atoms with Crippen molar-refractivity contribution in [2.45, 2.75) is 6.42 Å². The highest BCUT2D eigenvalue weighted by Gasteiger charge is 2.35. The third-order valence-corrected chi connectivity index (χ3v) is 4.43. The lowest BCUT2D eigenvalue weighted by molar-refractivity contribution is -0.127. The maximum absolute atomic E-state index is 12.3. The van der Waals surface area contributed by atoms with E-state index in [0.29, 0.717) is 17.1 Å². The van der Waals surface area contributed by atoms with E-state index in [9.17, 15) is 19.5 Å². The van der Waals surface area contributed by atoms with Gasteiger partial charge in [0.15, 0.2) is 0 Å². The van der Waals surface area contributed by atoms with E-state index in [0.717, 1.165) is 0 Å². The van der Waals surface area contributed by atoms with Crippen molar-refractivity contribution in [3.8, 4) is 11.5 Å². The van der Waals surface area contributed by atoms with Crippen LogP contribution in [0.1, 0.15) is 6.42 Å². The molecule has 0 unspecified atom stereocenters. The Morgan fingerprint density at radius 1 is 1.21 bits per heavy atom. The summed E-state index contributed by atoms with van der Waals surface area (Å²) in [6, 6.07) is 13.2. The number of benzene rings is 2. The highest BCUT2D eigenvalue weighted by atomic mass is 16.5. The number of phenolic OH excluding ortho intramolecular Hbond substituents is 1. The molecule has 2 aromatic rings. The molecule has 3 rings (SSSR count). The molecule has 0 spiro atoms. The average molecular weight is 383 g/mol. The Hall–Kier alpha value is -3.55. The Morgan fingerprint density at radius 3 is 2.64 bits per heavy atom. The molecule has 0 bridgehead atoms. The molecule has 3 N–H and O–H groups in total. The van der Waals surface area contributed by atoms with Crippen LogP contribution in [0.5, 0.6) is 11.5 Å². The summed E-state index contributed by atoms with van der Waals surface area (Å²) in [6.45, 7) is 0.0346. The van der Waals surface area contributed by atoms with Gasteiger partial charge < -0.3 is 25.4 Å². The molecule has 1 fully saturated rings. The summed E-state index contributed by atoms with van der Waals surface area (Å²) in [6.07, 6.45) is 0.0893. The van der Waals surface area contributed by atoms with Crippen LogP contribution in [0.4, 0.5) is 11.4 Å². The van der Waals surface area contributed by atoms with Gasteiger partial charge in [0.25, 0.3) is 0 Å². The molecule has 1 heterocycles. The molecule has 1 aliphatic heterocycles. The molecular weight excluding hydrogens is 362 g/mol. The predicted octanol–water partition coefficient (Wildman–Crippen LogP) is 1.51. The van der Waals surface area contributed by atoms with Crippen molar-refractivity contribution in [2.24, 2.45) is 5.92 Å². The molecule has 8 nitrogen and oxygen atoms in total. The molecule has 1 saturated heterocycles. The normalized spacial score (nSPS) is 16.0. The molecule has 0 aromatic heterocycles. The fraction of sp³-hybridized carbons (Fsp3) is 0.250. The number of hydrogen-bond acceptors (Lipinski definition) is 5. The molecule has 1 atom stereocenters. The minimum Gasteiger partial charge on any atom is -0.508 e. The molecule has 146 valence electrons. The number of carbonyl (C=O) groups excluding carboxylic acids is 3. The summed E-state index contributed by atoms with van der Waals surface area (Å²) >= 11 is 0. The van der Waals surface area contributed by atoms with Crippen LogP contribution in [0.3, 0.4) is 0 Å². The monoisotopic (exact) mass is 383 g/mol. The standard InChI is InChI=1S/C20H21N3O5/c1-28-17-7-5-15(6-8-17)23-12-13(9-19(23)26)20(27)21-11-18(25)22-14-3-2-4-16(24)10-14/h2-8,10,13,24H,9,11-12H2,1H3,(H,21,27)(H,22,25)/t13-/m0/s1. The van der Waals surface area contributed by atoms with E-state index in [2.05, 4.69) is 10.6 Å². The van der Waals surface area contributed by atoms with Crippen LogP contribution in [0.25, 0.3) is 0 Å². The number of anilines is 2. The first-order chi connectivity index (χ1) is 13.5. The van der Waals surface area contributed by atoms with Gasteiger partial charge in [-0.25, -0.2) is 0 Å². The highest BCUT2D eigenvalue weighted by molar-refractivity contribution is 6.01. The fourth-order valence-corrected chi connectivity index (χ4v) is 3.00. The lowest BCUT2D eigenvalue weighted by atomic mass is 10.1. The summed E-state index contributed by atoms with van der Waals surface area (Å²) in [5, 5.41) is 14.5. The van der Waals surface area contributed by atoms with E-state index in [1.807, 2.05) is 0 Å². The number of amides is 3. The van der Waals surface area contributed by atoms with E-state index in [-0.39, 0.29) is 37.1 Å². The Labute approximate surface area is 162 Å². The predicted molar refractivity (Wildman–Crippen MR) is 103 cm³/mol. The topological polar surface area (TPSA) is 108 Å². The van der Waals surface area contributed by atoms with Crippen LogP contribution in [-0.4, -0.2) is 43.0 Å². The van der Waals surface area contributed by atoms with Crippen LogP contribution in [0.2, 0.25) is 0 Å². The van der Waals surface area contributed by atoms with E-state index < -0.39 is 11.8 Å². The Balaban J connectivity index is 1.52. The second kappa shape index (κ2) is 8.43. The summed E-state index contributed by atoms with van der Waals surface area (Å²) in [5.74, 6) is -0.726. The number of aromatic hydroxyl groups is 1. The van der Waals surface area contributed by atoms with Gasteiger partial charge >= 0.3 is 0 Å². The summed E-state index contributed by atoms with van der Waals surface area (Å²) in [5.41, 5.74) is 1.13. The zero-order chi connectivity index (χ0) is 20.1. The van der Waals surface area contributed by atoms with Crippen LogP contribution in [0.15, 0.2) is 48.5 Å². The number of methoxy groups -OCH3 is 1. The number of carbonyl (C=O) groups is 3. The van der Waals surface area contributed by atoms with Gasteiger partial charge in [0.1, 0.15) is 11.5 Å². The zero-order valence-electron chi connectivity index (χ0n) is 15.3. The third kappa shape index (κ3) is 4.59. The SMILES string of the molecule is COc1ccc(N2C[C@@H](C(=O)NCC(=O)Nc3cccc(O)c3)CC2=O)cc1. The third-order valence-electron chi connectivity index (χ3n) is 4.43. The fourth-order valence-electron chi connectivity index (χ4n) is 3.00. The van der Waals surface area contributed by atoms with Crippen LogP contribution < -0.4 is 20.3 Å². The quantitative estimate of drug-likeness (QED) is 0.701. The Bertz CT molecular complexity index is 882. The lowest BCUT2D eigenvalue weighted by Crippen LogP contribution is -2.37. The Kier molecular flexibility index (Phi) is 5.78. The Morgan fingerprint density at radius 2 is 1.96 bits per heavy atom. The number of ether oxygens (including phenoxy) is 1. The molecule has 28 heavy (non-hydrogen) atoms. The van der Waals surface area contributed by atoms with Gasteiger partial charge in [0.2, 0.25) is 17.7 Å². The number of nitrogens with zero attached hydrogens (tertiary/aromatic N) is 1. The average Bonchev–Trinajstić information content (AvgIpc) is 3.08. The van der Waals surface area contributed by atoms with Crippen molar-refractivity contribution >= 4 is 29.1 Å². The summed E-state index contributed by atoms with van der Waals surface area (Å²) < 4.78 is 5.10. The second-order valence-electron chi connectivity index (χ2n) is 6.42. The zero-order valence-corrected chi connectivity index (χ0v) is 15.3. The van der Waals surface area contributed by atoms with Crippen molar-refractivity contribution in [3.05, 3.63) is 48.5 Å². The largest absolute Gasteiger partial charge is 0.508 e. The number of rotatable bonds is 6. The second-order valence-corrected chi connectivity index (χ2v) is 6.42. The van der Waals surface area contributed by atoms with Gasteiger partial charge in [0.05, 0.1) is 19.6 Å². The van der Waals surface area contributed by atoms with Gasteiger partial charge in [-0.2, -0.15) is 0 Å². The van der Waals surface area contributed by atoms with Crippen LogP contribution in [-0.2, 0) is 14.4 Å². The van der Waals surface area contributed by atoms with E-state index >= 15 is 0 Å².